The molecule has 0 bridgehead atoms. The van der Waals surface area contributed by atoms with E-state index in [1.54, 1.807) is 0 Å². The predicted octanol–water partition coefficient (Wildman–Crippen LogP) is 3.29. The molecule has 0 heterocycles. The number of hydrogen-bond acceptors (Lipinski definition) is 2. The van der Waals surface area contributed by atoms with Gasteiger partial charge in [-0.25, -0.2) is 4.79 Å². The van der Waals surface area contributed by atoms with Crippen molar-refractivity contribution in [3.8, 4) is 0 Å². The summed E-state index contributed by atoms with van der Waals surface area (Å²) in [7, 11) is 0. The van der Waals surface area contributed by atoms with Crippen LogP contribution in [0.4, 0.5) is 10.5 Å². The van der Waals surface area contributed by atoms with Gasteiger partial charge < -0.3 is 15.7 Å². The van der Waals surface area contributed by atoms with Gasteiger partial charge in [0.25, 0.3) is 0 Å². The van der Waals surface area contributed by atoms with Crippen molar-refractivity contribution in [2.45, 2.75) is 33.3 Å². The monoisotopic (exact) mass is 328 g/mol. The van der Waals surface area contributed by atoms with E-state index in [1.807, 2.05) is 39.0 Å². The Kier molecular flexibility index (Phi) is 6.31. The fourth-order valence-corrected chi connectivity index (χ4v) is 2.08. The minimum Gasteiger partial charge on any atom is -0.393 e. The van der Waals surface area contributed by atoms with Crippen molar-refractivity contribution >= 4 is 27.6 Å². The zero-order valence-corrected chi connectivity index (χ0v) is 13.1. The van der Waals surface area contributed by atoms with Gasteiger partial charge in [-0.1, -0.05) is 29.8 Å². The topological polar surface area (TPSA) is 61.4 Å². The predicted molar refractivity (Wildman–Crippen MR) is 81.4 cm³/mol. The van der Waals surface area contributed by atoms with Crippen LogP contribution in [0.25, 0.3) is 0 Å². The zero-order valence-electron chi connectivity index (χ0n) is 11.5. The highest BCUT2D eigenvalue weighted by Crippen LogP contribution is 2.19. The van der Waals surface area contributed by atoms with Crippen molar-refractivity contribution in [3.63, 3.8) is 0 Å². The molecule has 2 amide bonds. The summed E-state index contributed by atoms with van der Waals surface area (Å²) in [5.74, 6) is 0.207. The second kappa shape index (κ2) is 7.50. The van der Waals surface area contributed by atoms with Gasteiger partial charge in [-0.2, -0.15) is 0 Å². The highest BCUT2D eigenvalue weighted by Gasteiger charge is 2.09. The van der Waals surface area contributed by atoms with Crippen LogP contribution in [0.15, 0.2) is 22.7 Å². The Morgan fingerprint density at radius 2 is 2.11 bits per heavy atom. The van der Waals surface area contributed by atoms with Gasteiger partial charge in [-0.3, -0.25) is 0 Å². The third-order valence-corrected chi connectivity index (χ3v) is 3.43. The highest BCUT2D eigenvalue weighted by atomic mass is 79.9. The van der Waals surface area contributed by atoms with Crippen molar-refractivity contribution < 1.29 is 9.90 Å². The molecule has 1 aromatic rings. The minimum absolute atomic E-state index is 0.207. The summed E-state index contributed by atoms with van der Waals surface area (Å²) >= 11 is 3.38. The number of benzene rings is 1. The molecule has 0 aliphatic heterocycles. The quantitative estimate of drug-likeness (QED) is 0.776. The van der Waals surface area contributed by atoms with Crippen molar-refractivity contribution in [2.75, 3.05) is 11.9 Å². The lowest BCUT2D eigenvalue weighted by Gasteiger charge is -2.15. The van der Waals surface area contributed by atoms with Crippen LogP contribution < -0.4 is 10.6 Å². The SMILES string of the molecule is Cc1cc(Br)ccc1NC(=O)NCCC(O)C(C)C. The van der Waals surface area contributed by atoms with Crippen LogP contribution in [-0.4, -0.2) is 23.8 Å². The summed E-state index contributed by atoms with van der Waals surface area (Å²) in [4.78, 5) is 11.7. The maximum atomic E-state index is 11.7. The summed E-state index contributed by atoms with van der Waals surface area (Å²) in [6, 6.07) is 5.42. The normalized spacial score (nSPS) is 12.3. The van der Waals surface area contributed by atoms with Crippen molar-refractivity contribution in [3.05, 3.63) is 28.2 Å². The molecule has 19 heavy (non-hydrogen) atoms. The molecule has 1 rings (SSSR count). The lowest BCUT2D eigenvalue weighted by molar-refractivity contribution is 0.117. The van der Waals surface area contributed by atoms with E-state index in [0.29, 0.717) is 13.0 Å². The first-order chi connectivity index (χ1) is 8.90. The molecule has 0 aliphatic rings. The van der Waals surface area contributed by atoms with Crippen LogP contribution in [0.5, 0.6) is 0 Å². The Labute approximate surface area is 122 Å². The number of aliphatic hydroxyl groups is 1. The first-order valence-electron chi connectivity index (χ1n) is 6.39. The smallest absolute Gasteiger partial charge is 0.319 e. The zero-order chi connectivity index (χ0) is 14.4. The summed E-state index contributed by atoms with van der Waals surface area (Å²) in [5.41, 5.74) is 1.77. The van der Waals surface area contributed by atoms with Crippen molar-refractivity contribution in [1.82, 2.24) is 5.32 Å². The Morgan fingerprint density at radius 3 is 2.68 bits per heavy atom. The summed E-state index contributed by atoms with van der Waals surface area (Å²) in [6.45, 7) is 6.30. The molecule has 0 spiro atoms. The van der Waals surface area contributed by atoms with Gasteiger partial charge in [-0.05, 0) is 43.0 Å². The molecule has 106 valence electrons. The molecule has 0 saturated heterocycles. The number of halogens is 1. The van der Waals surface area contributed by atoms with Gasteiger partial charge in [0, 0.05) is 16.7 Å². The van der Waals surface area contributed by atoms with Crippen LogP contribution in [0, 0.1) is 12.8 Å². The largest absolute Gasteiger partial charge is 0.393 e. The molecule has 3 N–H and O–H groups in total. The highest BCUT2D eigenvalue weighted by molar-refractivity contribution is 9.10. The van der Waals surface area contributed by atoms with Crippen LogP contribution in [-0.2, 0) is 0 Å². The van der Waals surface area contributed by atoms with Gasteiger partial charge in [-0.15, -0.1) is 0 Å². The number of aliphatic hydroxyl groups excluding tert-OH is 1. The van der Waals surface area contributed by atoms with E-state index in [9.17, 15) is 9.90 Å². The molecule has 4 nitrogen and oxygen atoms in total. The second-order valence-corrected chi connectivity index (χ2v) is 5.86. The standard InChI is InChI=1S/C14H21BrN2O2/c1-9(2)13(18)6-7-16-14(19)17-12-5-4-11(15)8-10(12)3/h4-5,8-9,13,18H,6-7H2,1-3H3,(H2,16,17,19). The Bertz CT molecular complexity index is 435. The van der Waals surface area contributed by atoms with E-state index in [0.717, 1.165) is 15.7 Å². The number of rotatable bonds is 5. The number of carbonyl (C=O) groups excluding carboxylic acids is 1. The first-order valence-corrected chi connectivity index (χ1v) is 7.18. The van der Waals surface area contributed by atoms with Gasteiger partial charge >= 0.3 is 6.03 Å². The number of amides is 2. The molecule has 0 radical (unpaired) electrons. The maximum absolute atomic E-state index is 11.7. The van der Waals surface area contributed by atoms with E-state index in [4.69, 9.17) is 0 Å². The van der Waals surface area contributed by atoms with E-state index >= 15 is 0 Å². The summed E-state index contributed by atoms with van der Waals surface area (Å²) in [6.07, 6.45) is 0.180. The Morgan fingerprint density at radius 1 is 1.42 bits per heavy atom. The fourth-order valence-electron chi connectivity index (χ4n) is 1.60. The number of nitrogens with one attached hydrogen (secondary N) is 2. The molecule has 1 unspecified atom stereocenters. The fraction of sp³-hybridized carbons (Fsp3) is 0.500. The Balaban J connectivity index is 2.39. The lowest BCUT2D eigenvalue weighted by atomic mass is 10.0. The van der Waals surface area contributed by atoms with Crippen molar-refractivity contribution in [2.24, 2.45) is 5.92 Å². The molecule has 1 aromatic carbocycles. The third-order valence-electron chi connectivity index (χ3n) is 2.93. The van der Waals surface area contributed by atoms with E-state index in [-0.39, 0.29) is 18.1 Å². The number of urea groups is 1. The van der Waals surface area contributed by atoms with Crippen LogP contribution in [0.1, 0.15) is 25.8 Å². The lowest BCUT2D eigenvalue weighted by Crippen LogP contribution is -2.32. The third kappa shape index (κ3) is 5.61. The molecule has 1 atom stereocenters. The first kappa shape index (κ1) is 16.0. The molecule has 0 saturated carbocycles. The number of hydrogen-bond donors (Lipinski definition) is 3. The van der Waals surface area contributed by atoms with Gasteiger partial charge in [0.1, 0.15) is 0 Å². The maximum Gasteiger partial charge on any atom is 0.319 e. The molecular weight excluding hydrogens is 308 g/mol. The van der Waals surface area contributed by atoms with Crippen LogP contribution >= 0.6 is 15.9 Å². The van der Waals surface area contributed by atoms with Crippen LogP contribution in [0.3, 0.4) is 0 Å². The average Bonchev–Trinajstić information content (AvgIpc) is 2.32. The number of anilines is 1. The average molecular weight is 329 g/mol. The minimum atomic E-state index is -0.380. The van der Waals surface area contributed by atoms with Crippen molar-refractivity contribution in [1.29, 1.82) is 0 Å². The molecule has 0 aliphatic carbocycles. The molecule has 0 fully saturated rings. The van der Waals surface area contributed by atoms with Gasteiger partial charge in [0.15, 0.2) is 0 Å². The van der Waals surface area contributed by atoms with Gasteiger partial charge in [0.05, 0.1) is 6.10 Å². The second-order valence-electron chi connectivity index (χ2n) is 4.94. The molecule has 5 heteroatoms. The summed E-state index contributed by atoms with van der Waals surface area (Å²) < 4.78 is 0.982. The van der Waals surface area contributed by atoms with E-state index < -0.39 is 0 Å². The Hall–Kier alpha value is -1.07. The molecule has 0 aromatic heterocycles. The number of carbonyl (C=O) groups is 1. The van der Waals surface area contributed by atoms with Gasteiger partial charge in [0.2, 0.25) is 0 Å². The van der Waals surface area contributed by atoms with E-state index in [1.165, 1.54) is 0 Å². The van der Waals surface area contributed by atoms with Crippen LogP contribution in [0.2, 0.25) is 0 Å². The van der Waals surface area contributed by atoms with E-state index in [2.05, 4.69) is 26.6 Å². The number of aryl methyl sites for hydroxylation is 1. The summed E-state index contributed by atoms with van der Waals surface area (Å²) in [5, 5.41) is 15.2. The molecular formula is C14H21BrN2O2.